The van der Waals surface area contributed by atoms with Crippen molar-refractivity contribution >= 4 is 23.1 Å². The van der Waals surface area contributed by atoms with Crippen LogP contribution in [0.15, 0.2) is 48.5 Å². The zero-order chi connectivity index (χ0) is 16.8. The Balaban J connectivity index is 1.89. The van der Waals surface area contributed by atoms with Gasteiger partial charge < -0.3 is 10.2 Å². The Kier molecular flexibility index (Phi) is 5.46. The van der Waals surface area contributed by atoms with Gasteiger partial charge in [0.1, 0.15) is 5.82 Å². The number of anilines is 2. The fraction of sp³-hybridized carbons (Fsp3) is 0.222. The van der Waals surface area contributed by atoms with Gasteiger partial charge in [-0.2, -0.15) is 0 Å². The first-order chi connectivity index (χ1) is 11.0. The lowest BCUT2D eigenvalue weighted by Gasteiger charge is -2.14. The maximum absolute atomic E-state index is 12.8. The molecule has 0 saturated heterocycles. The van der Waals surface area contributed by atoms with E-state index in [0.717, 1.165) is 5.69 Å². The van der Waals surface area contributed by atoms with Crippen LogP contribution in [0, 0.1) is 5.82 Å². The van der Waals surface area contributed by atoms with Crippen LogP contribution in [0.25, 0.3) is 0 Å². The van der Waals surface area contributed by atoms with E-state index in [1.54, 1.807) is 6.07 Å². The lowest BCUT2D eigenvalue weighted by molar-refractivity contribution is -0.116. The molecule has 0 bridgehead atoms. The Bertz CT molecular complexity index is 696. The van der Waals surface area contributed by atoms with Crippen LogP contribution in [0.3, 0.4) is 0 Å². The van der Waals surface area contributed by atoms with E-state index in [-0.39, 0.29) is 30.3 Å². The number of nitrogens with one attached hydrogen (secondary N) is 1. The van der Waals surface area contributed by atoms with Gasteiger partial charge in [-0.25, -0.2) is 4.39 Å². The van der Waals surface area contributed by atoms with Crippen molar-refractivity contribution in [2.24, 2.45) is 0 Å². The molecule has 0 aromatic heterocycles. The smallest absolute Gasteiger partial charge is 0.224 e. The molecule has 0 aliphatic rings. The van der Waals surface area contributed by atoms with E-state index in [0.29, 0.717) is 11.3 Å². The molecule has 1 N–H and O–H groups in total. The monoisotopic (exact) mass is 314 g/mol. The summed E-state index contributed by atoms with van der Waals surface area (Å²) < 4.78 is 12.8. The van der Waals surface area contributed by atoms with Crippen molar-refractivity contribution < 1.29 is 14.0 Å². The highest BCUT2D eigenvalue weighted by Gasteiger charge is 2.10. The minimum Gasteiger partial charge on any atom is -0.378 e. The standard InChI is InChI=1S/C18H19FN2O2/c1-21(2)16-5-3-4-15(12-16)20-18(23)11-10-17(22)13-6-8-14(19)9-7-13/h3-9,12H,10-11H2,1-2H3,(H,20,23). The first-order valence-corrected chi connectivity index (χ1v) is 7.32. The summed E-state index contributed by atoms with van der Waals surface area (Å²) in [6, 6.07) is 12.8. The molecule has 4 nitrogen and oxygen atoms in total. The molecular weight excluding hydrogens is 295 g/mol. The second-order valence-electron chi connectivity index (χ2n) is 5.42. The van der Waals surface area contributed by atoms with E-state index >= 15 is 0 Å². The fourth-order valence-electron chi connectivity index (χ4n) is 2.09. The average Bonchev–Trinajstić information content (AvgIpc) is 2.53. The number of benzene rings is 2. The molecule has 0 aliphatic carbocycles. The molecule has 0 unspecified atom stereocenters. The highest BCUT2D eigenvalue weighted by molar-refractivity contribution is 6.00. The number of Topliss-reactive ketones (excluding diaryl/α,β-unsaturated/α-hetero) is 1. The number of hydrogen-bond donors (Lipinski definition) is 1. The van der Waals surface area contributed by atoms with Crippen molar-refractivity contribution in [1.82, 2.24) is 0 Å². The average molecular weight is 314 g/mol. The second-order valence-corrected chi connectivity index (χ2v) is 5.42. The number of rotatable bonds is 6. The SMILES string of the molecule is CN(C)c1cccc(NC(=O)CCC(=O)c2ccc(F)cc2)c1. The summed E-state index contributed by atoms with van der Waals surface area (Å²) in [6.45, 7) is 0. The van der Waals surface area contributed by atoms with Crippen LogP contribution in [0.2, 0.25) is 0 Å². The van der Waals surface area contributed by atoms with Crippen molar-refractivity contribution in [1.29, 1.82) is 0 Å². The molecule has 0 atom stereocenters. The van der Waals surface area contributed by atoms with Gasteiger partial charge in [0.15, 0.2) is 5.78 Å². The van der Waals surface area contributed by atoms with E-state index in [1.807, 2.05) is 37.2 Å². The van der Waals surface area contributed by atoms with Gasteiger partial charge >= 0.3 is 0 Å². The molecule has 120 valence electrons. The summed E-state index contributed by atoms with van der Waals surface area (Å²) in [5.41, 5.74) is 2.08. The van der Waals surface area contributed by atoms with E-state index in [2.05, 4.69) is 5.32 Å². The number of nitrogens with zero attached hydrogens (tertiary/aromatic N) is 1. The quantitative estimate of drug-likeness (QED) is 0.830. The lowest BCUT2D eigenvalue weighted by Crippen LogP contribution is -2.14. The summed E-state index contributed by atoms with van der Waals surface area (Å²) in [5, 5.41) is 2.78. The van der Waals surface area contributed by atoms with E-state index < -0.39 is 0 Å². The number of hydrogen-bond acceptors (Lipinski definition) is 3. The molecular formula is C18H19FN2O2. The first-order valence-electron chi connectivity index (χ1n) is 7.32. The Morgan fingerprint density at radius 3 is 2.39 bits per heavy atom. The van der Waals surface area contributed by atoms with Crippen LogP contribution < -0.4 is 10.2 Å². The Morgan fingerprint density at radius 1 is 1.04 bits per heavy atom. The normalized spacial score (nSPS) is 10.2. The number of halogens is 1. The largest absolute Gasteiger partial charge is 0.378 e. The van der Waals surface area contributed by atoms with Gasteiger partial charge in [0.25, 0.3) is 0 Å². The number of ketones is 1. The van der Waals surface area contributed by atoms with Gasteiger partial charge in [-0.3, -0.25) is 9.59 Å². The van der Waals surface area contributed by atoms with Crippen molar-refractivity contribution in [3.05, 3.63) is 59.9 Å². The fourth-order valence-corrected chi connectivity index (χ4v) is 2.09. The van der Waals surface area contributed by atoms with Gasteiger partial charge in [0.2, 0.25) is 5.91 Å². The van der Waals surface area contributed by atoms with Crippen molar-refractivity contribution in [2.45, 2.75) is 12.8 Å². The first kappa shape index (κ1) is 16.7. The van der Waals surface area contributed by atoms with Crippen LogP contribution in [-0.4, -0.2) is 25.8 Å². The summed E-state index contributed by atoms with van der Waals surface area (Å²) in [5.74, 6) is -0.793. The van der Waals surface area contributed by atoms with Crippen LogP contribution in [0.5, 0.6) is 0 Å². The third kappa shape index (κ3) is 4.92. The topological polar surface area (TPSA) is 49.4 Å². The Morgan fingerprint density at radius 2 is 1.74 bits per heavy atom. The van der Waals surface area contributed by atoms with Gasteiger partial charge in [-0.1, -0.05) is 6.07 Å². The van der Waals surface area contributed by atoms with Crippen molar-refractivity contribution in [3.63, 3.8) is 0 Å². The minimum atomic E-state index is -0.389. The molecule has 0 aliphatic heterocycles. The Labute approximate surface area is 134 Å². The number of carbonyl (C=O) groups is 2. The summed E-state index contributed by atoms with van der Waals surface area (Å²) in [4.78, 5) is 25.8. The van der Waals surface area contributed by atoms with Crippen molar-refractivity contribution in [3.8, 4) is 0 Å². The second kappa shape index (κ2) is 7.54. The molecule has 23 heavy (non-hydrogen) atoms. The molecule has 2 aromatic rings. The summed E-state index contributed by atoms with van der Waals surface area (Å²) in [7, 11) is 3.84. The molecule has 0 heterocycles. The summed E-state index contributed by atoms with van der Waals surface area (Å²) >= 11 is 0. The maximum atomic E-state index is 12.8. The Hall–Kier alpha value is -2.69. The zero-order valence-electron chi connectivity index (χ0n) is 13.2. The highest BCUT2D eigenvalue weighted by Crippen LogP contribution is 2.17. The lowest BCUT2D eigenvalue weighted by atomic mass is 10.1. The van der Waals surface area contributed by atoms with Gasteiger partial charge in [-0.15, -0.1) is 0 Å². The van der Waals surface area contributed by atoms with Gasteiger partial charge in [-0.05, 0) is 42.5 Å². The van der Waals surface area contributed by atoms with Crippen LogP contribution in [0.1, 0.15) is 23.2 Å². The predicted molar refractivity (Wildman–Crippen MR) is 89.4 cm³/mol. The molecule has 5 heteroatoms. The molecule has 0 fully saturated rings. The van der Waals surface area contributed by atoms with Crippen molar-refractivity contribution in [2.75, 3.05) is 24.3 Å². The third-order valence-corrected chi connectivity index (χ3v) is 3.39. The number of carbonyl (C=O) groups excluding carboxylic acids is 2. The molecule has 2 rings (SSSR count). The molecule has 0 radical (unpaired) electrons. The minimum absolute atomic E-state index is 0.0857. The highest BCUT2D eigenvalue weighted by atomic mass is 19.1. The van der Waals surface area contributed by atoms with E-state index in [1.165, 1.54) is 24.3 Å². The molecule has 2 aromatic carbocycles. The van der Waals surface area contributed by atoms with E-state index in [9.17, 15) is 14.0 Å². The van der Waals surface area contributed by atoms with Crippen LogP contribution in [0.4, 0.5) is 15.8 Å². The molecule has 0 saturated carbocycles. The zero-order valence-corrected chi connectivity index (χ0v) is 13.2. The van der Waals surface area contributed by atoms with E-state index in [4.69, 9.17) is 0 Å². The van der Waals surface area contributed by atoms with Crippen LogP contribution >= 0.6 is 0 Å². The van der Waals surface area contributed by atoms with Crippen LogP contribution in [-0.2, 0) is 4.79 Å². The van der Waals surface area contributed by atoms with Gasteiger partial charge in [0, 0.05) is 43.9 Å². The van der Waals surface area contributed by atoms with Gasteiger partial charge in [0.05, 0.1) is 0 Å². The predicted octanol–water partition coefficient (Wildman–Crippen LogP) is 3.49. The molecule has 0 spiro atoms. The number of amides is 1. The third-order valence-electron chi connectivity index (χ3n) is 3.39. The molecule has 1 amide bonds. The summed E-state index contributed by atoms with van der Waals surface area (Å²) in [6.07, 6.45) is 0.174. The maximum Gasteiger partial charge on any atom is 0.224 e.